The summed E-state index contributed by atoms with van der Waals surface area (Å²) in [5.74, 6) is -0.924. The van der Waals surface area contributed by atoms with Crippen LogP contribution in [-0.2, 0) is 14.3 Å². The van der Waals surface area contributed by atoms with Gasteiger partial charge in [-0.05, 0) is 6.92 Å². The number of hydrogen-bond donors (Lipinski definition) is 1. The second-order valence-electron chi connectivity index (χ2n) is 3.57. The predicted molar refractivity (Wildman–Crippen MR) is 66.4 cm³/mol. The zero-order valence-electron chi connectivity index (χ0n) is 10.4. The van der Waals surface area contributed by atoms with Gasteiger partial charge in [-0.1, -0.05) is 20.4 Å². The molecule has 0 saturated carbocycles. The standard InChI is InChI=1S/C12H18N2O3/c1-5-17-12(16)10(6-13)14-7-9(4)11(15)8(2)3/h6-8H,4-5,13H2,1-3H3/b10-6-,14-7?. The molecule has 0 saturated heterocycles. The van der Waals surface area contributed by atoms with E-state index in [1.165, 1.54) is 6.21 Å². The summed E-state index contributed by atoms with van der Waals surface area (Å²) in [6, 6.07) is 0. The lowest BCUT2D eigenvalue weighted by molar-refractivity contribution is -0.138. The van der Waals surface area contributed by atoms with E-state index in [-0.39, 0.29) is 29.6 Å². The number of rotatable bonds is 6. The molecule has 5 nitrogen and oxygen atoms in total. The van der Waals surface area contributed by atoms with Gasteiger partial charge in [0.05, 0.1) is 6.61 Å². The third kappa shape index (κ3) is 5.10. The number of Topliss-reactive ketones (excluding diaryl/α,β-unsaturated/α-hetero) is 1. The van der Waals surface area contributed by atoms with Crippen molar-refractivity contribution < 1.29 is 14.3 Å². The summed E-state index contributed by atoms with van der Waals surface area (Å²) in [6.45, 7) is 8.99. The average molecular weight is 238 g/mol. The van der Waals surface area contributed by atoms with Crippen LogP contribution in [0.1, 0.15) is 20.8 Å². The Balaban J connectivity index is 4.65. The molecular formula is C12H18N2O3. The SMILES string of the molecule is C=C(C=N/C(=C\N)C(=O)OCC)C(=O)C(C)C. The summed E-state index contributed by atoms with van der Waals surface area (Å²) in [5, 5.41) is 0. The number of aliphatic imine (C=N–C) groups is 1. The highest BCUT2D eigenvalue weighted by Crippen LogP contribution is 2.04. The van der Waals surface area contributed by atoms with Gasteiger partial charge in [-0.3, -0.25) is 4.79 Å². The van der Waals surface area contributed by atoms with Crippen LogP contribution in [0.4, 0.5) is 0 Å². The first-order chi connectivity index (χ1) is 7.93. The van der Waals surface area contributed by atoms with E-state index in [4.69, 9.17) is 10.5 Å². The maximum absolute atomic E-state index is 11.5. The molecule has 0 fully saturated rings. The molecule has 0 bridgehead atoms. The number of nitrogens with zero attached hydrogens (tertiary/aromatic N) is 1. The number of nitrogens with two attached hydrogens (primary N) is 1. The Morgan fingerprint density at radius 3 is 2.47 bits per heavy atom. The third-order valence-electron chi connectivity index (χ3n) is 1.84. The quantitative estimate of drug-likeness (QED) is 0.428. The van der Waals surface area contributed by atoms with Crippen molar-refractivity contribution >= 4 is 18.0 Å². The molecule has 2 N–H and O–H groups in total. The van der Waals surface area contributed by atoms with Crippen LogP contribution >= 0.6 is 0 Å². The fourth-order valence-electron chi connectivity index (χ4n) is 0.951. The maximum atomic E-state index is 11.5. The highest BCUT2D eigenvalue weighted by atomic mass is 16.5. The van der Waals surface area contributed by atoms with Crippen LogP contribution in [0.5, 0.6) is 0 Å². The minimum atomic E-state index is -0.629. The number of carbonyl (C=O) groups excluding carboxylic acids is 2. The molecule has 0 aromatic rings. The minimum absolute atomic E-state index is 0.0513. The van der Waals surface area contributed by atoms with E-state index in [0.717, 1.165) is 6.20 Å². The van der Waals surface area contributed by atoms with Crippen molar-refractivity contribution in [3.8, 4) is 0 Å². The average Bonchev–Trinajstić information content (AvgIpc) is 2.28. The van der Waals surface area contributed by atoms with Gasteiger partial charge in [0, 0.05) is 23.9 Å². The number of hydrogen-bond acceptors (Lipinski definition) is 5. The smallest absolute Gasteiger partial charge is 0.358 e. The van der Waals surface area contributed by atoms with Gasteiger partial charge in [0.25, 0.3) is 0 Å². The van der Waals surface area contributed by atoms with E-state index < -0.39 is 5.97 Å². The number of ether oxygens (including phenoxy) is 1. The van der Waals surface area contributed by atoms with Gasteiger partial charge in [-0.2, -0.15) is 0 Å². The van der Waals surface area contributed by atoms with Crippen molar-refractivity contribution in [1.29, 1.82) is 0 Å². The first kappa shape index (κ1) is 15.1. The molecule has 94 valence electrons. The van der Waals surface area contributed by atoms with Gasteiger partial charge in [0.2, 0.25) is 0 Å². The highest BCUT2D eigenvalue weighted by Gasteiger charge is 2.11. The molecule has 0 unspecified atom stereocenters. The van der Waals surface area contributed by atoms with Crippen molar-refractivity contribution in [2.24, 2.45) is 16.6 Å². The third-order valence-corrected chi connectivity index (χ3v) is 1.84. The summed E-state index contributed by atoms with van der Waals surface area (Å²) in [6.07, 6.45) is 2.25. The Morgan fingerprint density at radius 2 is 2.06 bits per heavy atom. The van der Waals surface area contributed by atoms with E-state index in [1.807, 2.05) is 0 Å². The Hall–Kier alpha value is -1.91. The lowest BCUT2D eigenvalue weighted by Crippen LogP contribution is -2.12. The van der Waals surface area contributed by atoms with Crippen LogP contribution in [0.3, 0.4) is 0 Å². The lowest BCUT2D eigenvalue weighted by Gasteiger charge is -2.03. The number of esters is 1. The second kappa shape index (κ2) is 7.38. The van der Waals surface area contributed by atoms with Crippen LogP contribution in [0.25, 0.3) is 0 Å². The summed E-state index contributed by atoms with van der Waals surface area (Å²) in [4.78, 5) is 26.6. The van der Waals surface area contributed by atoms with Gasteiger partial charge >= 0.3 is 5.97 Å². The van der Waals surface area contributed by atoms with E-state index in [2.05, 4.69) is 11.6 Å². The molecule has 0 radical (unpaired) electrons. The van der Waals surface area contributed by atoms with Gasteiger partial charge in [-0.25, -0.2) is 9.79 Å². The summed E-state index contributed by atoms with van der Waals surface area (Å²) in [5.41, 5.74) is 5.41. The molecule has 5 heteroatoms. The molecule has 0 amide bonds. The number of carbonyl (C=O) groups is 2. The maximum Gasteiger partial charge on any atom is 0.358 e. The first-order valence-electron chi connectivity index (χ1n) is 5.30. The van der Waals surface area contributed by atoms with Crippen LogP contribution < -0.4 is 5.73 Å². The molecule has 0 atom stereocenters. The summed E-state index contributed by atoms with van der Waals surface area (Å²) >= 11 is 0. The minimum Gasteiger partial charge on any atom is -0.461 e. The lowest BCUT2D eigenvalue weighted by atomic mass is 10.0. The van der Waals surface area contributed by atoms with Crippen molar-refractivity contribution in [1.82, 2.24) is 0 Å². The second-order valence-corrected chi connectivity index (χ2v) is 3.57. The fourth-order valence-corrected chi connectivity index (χ4v) is 0.951. The van der Waals surface area contributed by atoms with Gasteiger partial charge in [0.15, 0.2) is 11.5 Å². The molecule has 0 heterocycles. The molecular weight excluding hydrogens is 220 g/mol. The van der Waals surface area contributed by atoms with E-state index in [9.17, 15) is 9.59 Å². The monoisotopic (exact) mass is 238 g/mol. The van der Waals surface area contributed by atoms with Crippen LogP contribution in [0, 0.1) is 5.92 Å². The molecule has 0 aliphatic heterocycles. The molecule has 17 heavy (non-hydrogen) atoms. The van der Waals surface area contributed by atoms with Crippen LogP contribution in [-0.4, -0.2) is 24.6 Å². The van der Waals surface area contributed by atoms with Gasteiger partial charge < -0.3 is 10.5 Å². The van der Waals surface area contributed by atoms with Gasteiger partial charge in [0.1, 0.15) is 0 Å². The predicted octanol–water partition coefficient (Wildman–Crippen LogP) is 1.20. The first-order valence-corrected chi connectivity index (χ1v) is 5.30. The highest BCUT2D eigenvalue weighted by molar-refractivity contribution is 6.14. The van der Waals surface area contributed by atoms with Crippen LogP contribution in [0.15, 0.2) is 29.0 Å². The Labute approximate surface area is 101 Å². The Morgan fingerprint density at radius 1 is 1.47 bits per heavy atom. The summed E-state index contributed by atoms with van der Waals surface area (Å²) < 4.78 is 4.72. The van der Waals surface area contributed by atoms with Crippen molar-refractivity contribution in [2.45, 2.75) is 20.8 Å². The molecule has 0 aromatic heterocycles. The fraction of sp³-hybridized carbons (Fsp3) is 0.417. The van der Waals surface area contributed by atoms with Crippen LogP contribution in [0.2, 0.25) is 0 Å². The number of ketones is 1. The van der Waals surface area contributed by atoms with Crippen molar-refractivity contribution in [2.75, 3.05) is 6.61 Å². The van der Waals surface area contributed by atoms with E-state index in [0.29, 0.717) is 0 Å². The number of allylic oxidation sites excluding steroid dienone is 1. The largest absolute Gasteiger partial charge is 0.461 e. The zero-order chi connectivity index (χ0) is 13.4. The molecule has 0 aromatic carbocycles. The van der Waals surface area contributed by atoms with Crippen molar-refractivity contribution in [3.63, 3.8) is 0 Å². The molecule has 0 aliphatic rings. The zero-order valence-corrected chi connectivity index (χ0v) is 10.4. The molecule has 0 spiro atoms. The van der Waals surface area contributed by atoms with E-state index in [1.54, 1.807) is 20.8 Å². The normalized spacial score (nSPS) is 11.9. The summed E-state index contributed by atoms with van der Waals surface area (Å²) in [7, 11) is 0. The van der Waals surface area contributed by atoms with Crippen molar-refractivity contribution in [3.05, 3.63) is 24.0 Å². The molecule has 0 rings (SSSR count). The topological polar surface area (TPSA) is 81.8 Å². The Bertz CT molecular complexity index is 368. The van der Waals surface area contributed by atoms with E-state index >= 15 is 0 Å². The van der Waals surface area contributed by atoms with Gasteiger partial charge in [-0.15, -0.1) is 0 Å². The Kier molecular flexibility index (Phi) is 6.55. The molecule has 0 aliphatic carbocycles.